The summed E-state index contributed by atoms with van der Waals surface area (Å²) < 4.78 is 10.7. The van der Waals surface area contributed by atoms with E-state index in [4.69, 9.17) is 9.47 Å². The number of benzene rings is 2. The average Bonchev–Trinajstić information content (AvgIpc) is 2.58. The molecule has 0 fully saturated rings. The van der Waals surface area contributed by atoms with Crippen LogP contribution in [0.1, 0.15) is 23.1 Å². The van der Waals surface area contributed by atoms with Crippen molar-refractivity contribution in [3.05, 3.63) is 59.2 Å². The van der Waals surface area contributed by atoms with Crippen LogP contribution in [0.25, 0.3) is 0 Å². The van der Waals surface area contributed by atoms with Gasteiger partial charge in [0.2, 0.25) is 0 Å². The Balaban J connectivity index is 1.70. The zero-order valence-corrected chi connectivity index (χ0v) is 14.6. The van der Waals surface area contributed by atoms with Crippen LogP contribution in [0.4, 0.5) is 0 Å². The van der Waals surface area contributed by atoms with Gasteiger partial charge in [-0.05, 0) is 49.9 Å². The molecule has 0 saturated heterocycles. The fourth-order valence-corrected chi connectivity index (χ4v) is 2.57. The molecule has 0 spiro atoms. The lowest BCUT2D eigenvalue weighted by atomic mass is 10.0. The van der Waals surface area contributed by atoms with Gasteiger partial charge >= 0.3 is 0 Å². The van der Waals surface area contributed by atoms with Gasteiger partial charge in [-0.1, -0.05) is 35.9 Å². The van der Waals surface area contributed by atoms with Crippen LogP contribution in [0.3, 0.4) is 0 Å². The van der Waals surface area contributed by atoms with Crippen molar-refractivity contribution < 1.29 is 14.3 Å². The Morgan fingerprint density at radius 1 is 1.08 bits per heavy atom. The number of para-hydroxylation sites is 2. The smallest absolute Gasteiger partial charge is 0.257 e. The predicted molar refractivity (Wildman–Crippen MR) is 95.7 cm³/mol. The van der Waals surface area contributed by atoms with E-state index in [0.717, 1.165) is 12.8 Å². The van der Waals surface area contributed by atoms with E-state index in [0.29, 0.717) is 18.0 Å². The standard InChI is InChI=1S/C20H25NO3/c1-15-10-11-17(16(2)13-15)7-6-12-21-20(22)14-24-19-9-5-4-8-18(19)23-3/h4-5,8-11,13H,6-7,12,14H2,1-3H3,(H,21,22). The fraction of sp³-hybridized carbons (Fsp3) is 0.350. The fourth-order valence-electron chi connectivity index (χ4n) is 2.57. The largest absolute Gasteiger partial charge is 0.493 e. The Kier molecular flexibility index (Phi) is 6.67. The molecule has 2 rings (SSSR count). The highest BCUT2D eigenvalue weighted by atomic mass is 16.5. The summed E-state index contributed by atoms with van der Waals surface area (Å²) in [7, 11) is 1.58. The number of hydrogen-bond acceptors (Lipinski definition) is 3. The molecule has 4 nitrogen and oxygen atoms in total. The van der Waals surface area contributed by atoms with Gasteiger partial charge in [0.15, 0.2) is 18.1 Å². The second kappa shape index (κ2) is 8.96. The van der Waals surface area contributed by atoms with Gasteiger partial charge in [-0.2, -0.15) is 0 Å². The molecule has 0 aromatic heterocycles. The number of methoxy groups -OCH3 is 1. The Bertz CT molecular complexity index is 682. The number of hydrogen-bond donors (Lipinski definition) is 1. The lowest BCUT2D eigenvalue weighted by molar-refractivity contribution is -0.123. The van der Waals surface area contributed by atoms with Crippen molar-refractivity contribution in [1.82, 2.24) is 5.32 Å². The van der Waals surface area contributed by atoms with Gasteiger partial charge in [0, 0.05) is 6.54 Å². The molecule has 0 aliphatic rings. The number of amides is 1. The minimum Gasteiger partial charge on any atom is -0.493 e. The summed E-state index contributed by atoms with van der Waals surface area (Å²) in [6, 6.07) is 13.8. The second-order valence-corrected chi connectivity index (χ2v) is 5.82. The normalized spacial score (nSPS) is 10.3. The van der Waals surface area contributed by atoms with Crippen LogP contribution in [0.5, 0.6) is 11.5 Å². The zero-order chi connectivity index (χ0) is 17.4. The molecule has 0 aliphatic carbocycles. The van der Waals surface area contributed by atoms with Gasteiger partial charge in [-0.25, -0.2) is 0 Å². The van der Waals surface area contributed by atoms with Crippen LogP contribution < -0.4 is 14.8 Å². The van der Waals surface area contributed by atoms with Crippen molar-refractivity contribution >= 4 is 5.91 Å². The molecule has 0 unspecified atom stereocenters. The molecule has 2 aromatic carbocycles. The van der Waals surface area contributed by atoms with Gasteiger partial charge < -0.3 is 14.8 Å². The molecule has 1 amide bonds. The van der Waals surface area contributed by atoms with E-state index in [2.05, 4.69) is 37.4 Å². The van der Waals surface area contributed by atoms with Gasteiger partial charge in [0.1, 0.15) is 0 Å². The first-order chi connectivity index (χ1) is 11.6. The number of rotatable bonds is 8. The summed E-state index contributed by atoms with van der Waals surface area (Å²) in [5.41, 5.74) is 3.92. The molecular weight excluding hydrogens is 302 g/mol. The number of carbonyl (C=O) groups is 1. The highest BCUT2D eigenvalue weighted by molar-refractivity contribution is 5.77. The van der Waals surface area contributed by atoms with Crippen molar-refractivity contribution in [2.75, 3.05) is 20.3 Å². The number of aryl methyl sites for hydroxylation is 3. The van der Waals surface area contributed by atoms with Crippen molar-refractivity contribution in [2.45, 2.75) is 26.7 Å². The molecule has 1 N–H and O–H groups in total. The summed E-state index contributed by atoms with van der Waals surface area (Å²) in [5, 5.41) is 2.89. The van der Waals surface area contributed by atoms with E-state index in [1.54, 1.807) is 19.2 Å². The molecule has 0 aliphatic heterocycles. The van der Waals surface area contributed by atoms with E-state index in [1.165, 1.54) is 16.7 Å². The lowest BCUT2D eigenvalue weighted by Gasteiger charge is -2.11. The monoisotopic (exact) mass is 327 g/mol. The molecule has 128 valence electrons. The maximum absolute atomic E-state index is 11.9. The summed E-state index contributed by atoms with van der Waals surface area (Å²) in [6.07, 6.45) is 1.87. The molecule has 2 aromatic rings. The third-order valence-electron chi connectivity index (χ3n) is 3.87. The van der Waals surface area contributed by atoms with Crippen molar-refractivity contribution in [1.29, 1.82) is 0 Å². The molecule has 0 saturated carbocycles. The van der Waals surface area contributed by atoms with E-state index in [-0.39, 0.29) is 12.5 Å². The van der Waals surface area contributed by atoms with Crippen LogP contribution in [0, 0.1) is 13.8 Å². The summed E-state index contributed by atoms with van der Waals surface area (Å²) in [6.45, 7) is 4.85. The van der Waals surface area contributed by atoms with E-state index >= 15 is 0 Å². The van der Waals surface area contributed by atoms with E-state index < -0.39 is 0 Å². The highest BCUT2D eigenvalue weighted by Crippen LogP contribution is 2.25. The zero-order valence-electron chi connectivity index (χ0n) is 14.6. The third kappa shape index (κ3) is 5.30. The minimum absolute atomic E-state index is 0.00999. The first-order valence-corrected chi connectivity index (χ1v) is 8.19. The maximum Gasteiger partial charge on any atom is 0.257 e. The van der Waals surface area contributed by atoms with Gasteiger partial charge in [-0.15, -0.1) is 0 Å². The highest BCUT2D eigenvalue weighted by Gasteiger charge is 2.06. The van der Waals surface area contributed by atoms with Crippen LogP contribution >= 0.6 is 0 Å². The predicted octanol–water partition coefficient (Wildman–Crippen LogP) is 3.44. The van der Waals surface area contributed by atoms with Gasteiger partial charge in [-0.3, -0.25) is 4.79 Å². The molecule has 0 radical (unpaired) electrons. The topological polar surface area (TPSA) is 47.6 Å². The number of ether oxygens (including phenoxy) is 2. The Hall–Kier alpha value is -2.49. The average molecular weight is 327 g/mol. The van der Waals surface area contributed by atoms with E-state index in [1.807, 2.05) is 12.1 Å². The van der Waals surface area contributed by atoms with Crippen LogP contribution in [-0.2, 0) is 11.2 Å². The van der Waals surface area contributed by atoms with Crippen LogP contribution in [0.2, 0.25) is 0 Å². The molecule has 24 heavy (non-hydrogen) atoms. The summed E-state index contributed by atoms with van der Waals surface area (Å²) in [4.78, 5) is 11.9. The van der Waals surface area contributed by atoms with Crippen LogP contribution in [0.15, 0.2) is 42.5 Å². The van der Waals surface area contributed by atoms with E-state index in [9.17, 15) is 4.79 Å². The van der Waals surface area contributed by atoms with Gasteiger partial charge in [0.05, 0.1) is 7.11 Å². The van der Waals surface area contributed by atoms with Crippen LogP contribution in [-0.4, -0.2) is 26.2 Å². The Morgan fingerprint density at radius 2 is 1.83 bits per heavy atom. The van der Waals surface area contributed by atoms with Crippen molar-refractivity contribution in [2.24, 2.45) is 0 Å². The Labute approximate surface area is 143 Å². The second-order valence-electron chi connectivity index (χ2n) is 5.82. The van der Waals surface area contributed by atoms with Gasteiger partial charge in [0.25, 0.3) is 5.91 Å². The third-order valence-corrected chi connectivity index (χ3v) is 3.87. The molecule has 0 atom stereocenters. The lowest BCUT2D eigenvalue weighted by Crippen LogP contribution is -2.30. The minimum atomic E-state index is -0.124. The van der Waals surface area contributed by atoms with Crippen molar-refractivity contribution in [3.8, 4) is 11.5 Å². The maximum atomic E-state index is 11.9. The molecule has 0 bridgehead atoms. The molecule has 4 heteroatoms. The quantitative estimate of drug-likeness (QED) is 0.756. The summed E-state index contributed by atoms with van der Waals surface area (Å²) >= 11 is 0. The first-order valence-electron chi connectivity index (χ1n) is 8.19. The molecule has 0 heterocycles. The first kappa shape index (κ1) is 17.9. The number of nitrogens with one attached hydrogen (secondary N) is 1. The summed E-state index contributed by atoms with van der Waals surface area (Å²) in [5.74, 6) is 1.08. The van der Waals surface area contributed by atoms with Crippen molar-refractivity contribution in [3.63, 3.8) is 0 Å². The molecular formula is C20H25NO3. The number of carbonyl (C=O) groups excluding carboxylic acids is 1. The Morgan fingerprint density at radius 3 is 2.54 bits per heavy atom. The SMILES string of the molecule is COc1ccccc1OCC(=O)NCCCc1ccc(C)cc1C.